The monoisotopic (exact) mass is 472 g/mol. The highest BCUT2D eigenvalue weighted by atomic mass is 15.1. The summed E-state index contributed by atoms with van der Waals surface area (Å²) in [6.45, 7) is 13.2. The summed E-state index contributed by atoms with van der Waals surface area (Å²) in [6.07, 6.45) is 4.61. The van der Waals surface area contributed by atoms with Gasteiger partial charge in [0.2, 0.25) is 0 Å². The minimum absolute atomic E-state index is 0.109. The van der Waals surface area contributed by atoms with Gasteiger partial charge in [0.15, 0.2) is 0 Å². The zero-order valence-corrected chi connectivity index (χ0v) is 22.3. The van der Waals surface area contributed by atoms with Gasteiger partial charge in [0.05, 0.1) is 6.04 Å². The molecule has 0 saturated carbocycles. The fraction of sp³-hybridized carbons (Fsp3) is 0.265. The number of fused-ring (bicyclic) bond motifs is 3. The zero-order valence-electron chi connectivity index (χ0n) is 22.3. The van der Waals surface area contributed by atoms with Crippen molar-refractivity contribution in [1.82, 2.24) is 4.57 Å². The lowest BCUT2D eigenvalue weighted by Crippen LogP contribution is -2.33. The van der Waals surface area contributed by atoms with E-state index in [1.165, 1.54) is 44.8 Å². The number of hydrogen-bond acceptors (Lipinski definition) is 1. The Morgan fingerprint density at radius 1 is 0.861 bits per heavy atom. The zero-order chi connectivity index (χ0) is 25.4. The van der Waals surface area contributed by atoms with Crippen molar-refractivity contribution >= 4 is 5.71 Å². The van der Waals surface area contributed by atoms with E-state index in [-0.39, 0.29) is 17.5 Å². The summed E-state index contributed by atoms with van der Waals surface area (Å²) in [7, 11) is 0. The van der Waals surface area contributed by atoms with E-state index in [1.807, 2.05) is 0 Å². The van der Waals surface area contributed by atoms with Crippen LogP contribution in [0.5, 0.6) is 0 Å². The topological polar surface area (TPSA) is 17.3 Å². The number of aliphatic imine (C=N–C) groups is 1. The summed E-state index contributed by atoms with van der Waals surface area (Å²) in [6, 6.07) is 31.4. The summed E-state index contributed by atoms with van der Waals surface area (Å²) in [5, 5.41) is 0. The quantitative estimate of drug-likeness (QED) is 0.197. The van der Waals surface area contributed by atoms with E-state index in [2.05, 4.69) is 143 Å². The van der Waals surface area contributed by atoms with Crippen LogP contribution in [0.3, 0.4) is 0 Å². The Kier molecular flexibility index (Phi) is 6.30. The predicted molar refractivity (Wildman–Crippen MR) is 154 cm³/mol. The lowest BCUT2D eigenvalue weighted by Gasteiger charge is -2.38. The molecule has 2 heteroatoms. The van der Waals surface area contributed by atoms with Crippen LogP contribution in [0.1, 0.15) is 62.9 Å². The molecule has 0 radical (unpaired) electrons. The molecule has 5 rings (SSSR count). The average molecular weight is 473 g/mol. The number of aryl methyl sites for hydroxylation is 1. The smallest absolute Gasteiger partial charge is 0.0727 e. The van der Waals surface area contributed by atoms with Gasteiger partial charge in [0, 0.05) is 39.7 Å². The fourth-order valence-corrected chi connectivity index (χ4v) is 6.12. The summed E-state index contributed by atoms with van der Waals surface area (Å²) >= 11 is 0. The van der Waals surface area contributed by atoms with Crippen LogP contribution in [0.15, 0.2) is 102 Å². The van der Waals surface area contributed by atoms with Gasteiger partial charge in [-0.2, -0.15) is 0 Å². The molecule has 182 valence electrons. The van der Waals surface area contributed by atoms with Crippen LogP contribution in [0.25, 0.3) is 22.5 Å². The molecule has 2 nitrogen and oxygen atoms in total. The van der Waals surface area contributed by atoms with E-state index < -0.39 is 0 Å². The number of benzene rings is 3. The molecular formula is C34H36N2. The standard InChI is InChI=1S/C34H36N2/c1-7-22-34(6,30-19-13-12-16-27(30)25(5)35-23(2)3)33-29-18-11-10-17-28(29)32-21-20-31(36(32)33)26-15-9-8-14-24(26)4/h7-23,33H,1-6H3/b22-7-,35-25?. The number of rotatable bonds is 6. The van der Waals surface area contributed by atoms with Crippen molar-refractivity contribution in [3.8, 4) is 22.5 Å². The molecule has 2 heterocycles. The third-order valence-corrected chi connectivity index (χ3v) is 7.56. The van der Waals surface area contributed by atoms with Gasteiger partial charge in [0.25, 0.3) is 0 Å². The second-order valence-electron chi connectivity index (χ2n) is 10.4. The number of aromatic nitrogens is 1. The van der Waals surface area contributed by atoms with E-state index >= 15 is 0 Å². The molecule has 1 aliphatic rings. The van der Waals surface area contributed by atoms with Crippen LogP contribution in [-0.2, 0) is 5.41 Å². The largest absolute Gasteiger partial charge is 0.332 e. The number of nitrogens with zero attached hydrogens (tertiary/aromatic N) is 2. The first-order valence-corrected chi connectivity index (χ1v) is 13.0. The molecule has 0 fully saturated rings. The van der Waals surface area contributed by atoms with Crippen molar-refractivity contribution in [2.75, 3.05) is 0 Å². The van der Waals surface area contributed by atoms with E-state index in [0.717, 1.165) is 5.71 Å². The molecule has 1 aliphatic heterocycles. The summed E-state index contributed by atoms with van der Waals surface area (Å²) in [5.74, 6) is 0. The molecule has 0 N–H and O–H groups in total. The highest BCUT2D eigenvalue weighted by molar-refractivity contribution is 6.00. The Bertz CT molecular complexity index is 1470. The van der Waals surface area contributed by atoms with Gasteiger partial charge in [0.1, 0.15) is 0 Å². The predicted octanol–water partition coefficient (Wildman–Crippen LogP) is 8.78. The van der Waals surface area contributed by atoms with E-state index in [9.17, 15) is 0 Å². The van der Waals surface area contributed by atoms with Crippen LogP contribution in [0, 0.1) is 6.92 Å². The molecule has 2 atom stereocenters. The van der Waals surface area contributed by atoms with Crippen LogP contribution >= 0.6 is 0 Å². The first-order chi connectivity index (χ1) is 17.4. The highest BCUT2D eigenvalue weighted by Gasteiger charge is 2.44. The Balaban J connectivity index is 1.81. The summed E-state index contributed by atoms with van der Waals surface area (Å²) < 4.78 is 2.58. The minimum atomic E-state index is -0.295. The Morgan fingerprint density at radius 2 is 1.47 bits per heavy atom. The SMILES string of the molecule is C/C=C\C(C)(c1ccccc1C(C)=NC(C)C)C1c2ccccc2-c2ccc(-c3ccccc3C)n21. The van der Waals surface area contributed by atoms with Crippen molar-refractivity contribution in [3.63, 3.8) is 0 Å². The maximum absolute atomic E-state index is 4.95. The Morgan fingerprint density at radius 3 is 2.17 bits per heavy atom. The highest BCUT2D eigenvalue weighted by Crippen LogP contribution is 2.53. The molecule has 0 spiro atoms. The Hall–Kier alpha value is -3.65. The molecule has 4 aromatic rings. The van der Waals surface area contributed by atoms with Gasteiger partial charge in [-0.1, -0.05) is 84.9 Å². The summed E-state index contributed by atoms with van der Waals surface area (Å²) in [4.78, 5) is 4.95. The van der Waals surface area contributed by atoms with E-state index in [4.69, 9.17) is 4.99 Å². The maximum atomic E-state index is 4.95. The average Bonchev–Trinajstić information content (AvgIpc) is 3.42. The van der Waals surface area contributed by atoms with Gasteiger partial charge >= 0.3 is 0 Å². The van der Waals surface area contributed by atoms with Gasteiger partial charge in [-0.15, -0.1) is 0 Å². The number of allylic oxidation sites excluding steroid dienone is 2. The third-order valence-electron chi connectivity index (χ3n) is 7.56. The van der Waals surface area contributed by atoms with Crippen molar-refractivity contribution in [2.45, 2.75) is 59.0 Å². The maximum Gasteiger partial charge on any atom is 0.0727 e. The molecule has 0 amide bonds. The molecule has 3 aromatic carbocycles. The van der Waals surface area contributed by atoms with Crippen LogP contribution in [0.4, 0.5) is 0 Å². The fourth-order valence-electron chi connectivity index (χ4n) is 6.12. The number of hydrogen-bond donors (Lipinski definition) is 0. The van der Waals surface area contributed by atoms with Gasteiger partial charge in [-0.05, 0) is 75.9 Å². The Labute approximate surface area is 216 Å². The molecular weight excluding hydrogens is 436 g/mol. The molecule has 0 aliphatic carbocycles. The third kappa shape index (κ3) is 3.86. The lowest BCUT2D eigenvalue weighted by molar-refractivity contribution is 0.424. The lowest BCUT2D eigenvalue weighted by atomic mass is 9.70. The van der Waals surface area contributed by atoms with Crippen molar-refractivity contribution < 1.29 is 0 Å². The van der Waals surface area contributed by atoms with E-state index in [0.29, 0.717) is 0 Å². The van der Waals surface area contributed by atoms with Crippen molar-refractivity contribution in [1.29, 1.82) is 0 Å². The van der Waals surface area contributed by atoms with Crippen LogP contribution in [0.2, 0.25) is 0 Å². The first kappa shape index (κ1) is 24.1. The summed E-state index contributed by atoms with van der Waals surface area (Å²) in [5.41, 5.74) is 11.2. The second-order valence-corrected chi connectivity index (χ2v) is 10.4. The minimum Gasteiger partial charge on any atom is -0.332 e. The second kappa shape index (κ2) is 9.43. The molecule has 2 unspecified atom stereocenters. The van der Waals surface area contributed by atoms with E-state index in [1.54, 1.807) is 0 Å². The van der Waals surface area contributed by atoms with Gasteiger partial charge in [-0.3, -0.25) is 4.99 Å². The van der Waals surface area contributed by atoms with Crippen LogP contribution < -0.4 is 0 Å². The van der Waals surface area contributed by atoms with Gasteiger partial charge in [-0.25, -0.2) is 0 Å². The van der Waals surface area contributed by atoms with Gasteiger partial charge < -0.3 is 4.57 Å². The molecule has 36 heavy (non-hydrogen) atoms. The molecule has 0 bridgehead atoms. The normalized spacial score (nSPS) is 16.9. The van der Waals surface area contributed by atoms with Crippen molar-refractivity contribution in [2.24, 2.45) is 4.99 Å². The molecule has 0 saturated heterocycles. The van der Waals surface area contributed by atoms with Crippen LogP contribution in [-0.4, -0.2) is 16.3 Å². The first-order valence-electron chi connectivity index (χ1n) is 13.0. The van der Waals surface area contributed by atoms with Crippen molar-refractivity contribution in [3.05, 3.63) is 119 Å². The molecule has 1 aromatic heterocycles.